The summed E-state index contributed by atoms with van der Waals surface area (Å²) in [5.41, 5.74) is 0.932. The Hall–Kier alpha value is -1.58. The summed E-state index contributed by atoms with van der Waals surface area (Å²) in [6, 6.07) is 3.75. The van der Waals surface area contributed by atoms with Crippen LogP contribution in [0.5, 0.6) is 0 Å². The van der Waals surface area contributed by atoms with Crippen LogP contribution in [0.4, 0.5) is 0 Å². The van der Waals surface area contributed by atoms with Gasteiger partial charge < -0.3 is 4.42 Å². The van der Waals surface area contributed by atoms with Crippen LogP contribution in [0.25, 0.3) is 11.5 Å². The molecule has 0 spiro atoms. The molecular weight excluding hydrogens is 130 g/mol. The molecule has 0 aliphatic carbocycles. The summed E-state index contributed by atoms with van der Waals surface area (Å²) in [4.78, 5) is 0. The van der Waals surface area contributed by atoms with Crippen LogP contribution in [0, 0.1) is 0 Å². The molecule has 0 aromatic carbocycles. The van der Waals surface area contributed by atoms with Gasteiger partial charge in [0.05, 0.1) is 18.2 Å². The molecule has 2 heterocycles. The van der Waals surface area contributed by atoms with E-state index in [0.29, 0.717) is 0 Å². The molecule has 0 fully saturated rings. The molecule has 0 unspecified atom stereocenters. The Balaban J connectivity index is 2.77. The first-order valence-electron chi connectivity index (χ1n) is 2.97. The third-order valence-corrected chi connectivity index (χ3v) is 1.27. The summed E-state index contributed by atoms with van der Waals surface area (Å²) in [5, 5.41) is 8.36. The fraction of sp³-hybridized carbons (Fsp3) is 0. The number of fused-ring (bicyclic) bond motifs is 1. The average Bonchev–Trinajstić information content (AvgIpc) is 2.05. The second kappa shape index (κ2) is 1.98. The van der Waals surface area contributed by atoms with Gasteiger partial charge in [-0.2, -0.15) is 0 Å². The number of aromatic amines is 3. The van der Waals surface area contributed by atoms with Crippen LogP contribution in [0.1, 0.15) is 0 Å². The molecule has 0 bridgehead atoms. The summed E-state index contributed by atoms with van der Waals surface area (Å²) in [6.07, 6.45) is 3.37. The number of H-pyrrole nitrogens is 3. The number of rotatable bonds is 0. The summed E-state index contributed by atoms with van der Waals surface area (Å²) < 4.78 is 5.13. The first-order chi connectivity index (χ1) is 4.97. The molecule has 0 aromatic rings. The summed E-state index contributed by atoms with van der Waals surface area (Å²) in [5.74, 6) is 0.793. The monoisotopic (exact) mass is 137 g/mol. The normalized spacial score (nSPS) is 10.0. The van der Waals surface area contributed by atoms with Gasteiger partial charge in [0, 0.05) is 0 Å². The molecule has 0 radical (unpaired) electrons. The first-order valence-corrected chi connectivity index (χ1v) is 2.97. The molecule has 0 saturated carbocycles. The van der Waals surface area contributed by atoms with E-state index in [-0.39, 0.29) is 0 Å². The van der Waals surface area contributed by atoms with Crippen LogP contribution in [0.2, 0.25) is 0 Å². The van der Waals surface area contributed by atoms with E-state index in [4.69, 9.17) is 4.42 Å². The quantitative estimate of drug-likeness (QED) is 0.506. The van der Waals surface area contributed by atoms with E-state index < -0.39 is 0 Å². The van der Waals surface area contributed by atoms with Crippen molar-refractivity contribution in [1.29, 1.82) is 0 Å². The van der Waals surface area contributed by atoms with Crippen molar-refractivity contribution in [3.63, 3.8) is 0 Å². The lowest BCUT2D eigenvalue weighted by Crippen LogP contribution is -1.90. The molecule has 10 heavy (non-hydrogen) atoms. The maximum Gasteiger partial charge on any atom is 0.168 e. The Labute approximate surface area is 56.9 Å². The van der Waals surface area contributed by atoms with Gasteiger partial charge in [0.2, 0.25) is 0 Å². The molecule has 0 saturated heterocycles. The average molecular weight is 137 g/mol. The minimum Gasteiger partial charge on any atom is -0.461 e. The lowest BCUT2D eigenvalue weighted by Gasteiger charge is -2.00. The second-order valence-corrected chi connectivity index (χ2v) is 1.93. The fourth-order valence-corrected chi connectivity index (χ4v) is 0.814. The van der Waals surface area contributed by atoms with Crippen LogP contribution in [0.15, 0.2) is 29.0 Å². The Morgan fingerprint density at radius 3 is 3.30 bits per heavy atom. The topological polar surface area (TPSA) is 60.5 Å². The Kier molecular flexibility index (Phi) is 1.04. The highest BCUT2D eigenvalue weighted by Crippen LogP contribution is 2.13. The van der Waals surface area contributed by atoms with E-state index in [1.807, 2.05) is 12.1 Å². The number of hydrogen-bond donors (Lipinski definition) is 3. The van der Waals surface area contributed by atoms with E-state index in [2.05, 4.69) is 15.4 Å². The zero-order valence-corrected chi connectivity index (χ0v) is 5.22. The third-order valence-electron chi connectivity index (χ3n) is 1.27. The molecule has 4 nitrogen and oxygen atoms in total. The van der Waals surface area contributed by atoms with Crippen molar-refractivity contribution in [2.75, 3.05) is 0 Å². The van der Waals surface area contributed by atoms with E-state index in [9.17, 15) is 0 Å². The molecule has 3 N–H and O–H groups in total. The van der Waals surface area contributed by atoms with Gasteiger partial charge in [-0.05, 0) is 12.1 Å². The summed E-state index contributed by atoms with van der Waals surface area (Å²) in [7, 11) is 0. The van der Waals surface area contributed by atoms with Crippen molar-refractivity contribution in [3.05, 3.63) is 24.6 Å². The van der Waals surface area contributed by atoms with E-state index in [1.54, 1.807) is 12.5 Å². The van der Waals surface area contributed by atoms with Crippen LogP contribution >= 0.6 is 0 Å². The molecule has 0 amide bonds. The first kappa shape index (κ1) is 5.22. The largest absolute Gasteiger partial charge is 0.461 e. The van der Waals surface area contributed by atoms with E-state index in [1.165, 1.54) is 0 Å². The van der Waals surface area contributed by atoms with Crippen molar-refractivity contribution < 1.29 is 4.42 Å². The SMILES string of the molecule is c1coc2c[nH][nH][nH]c-2c1. The number of aromatic nitrogens is 3. The molecule has 2 aliphatic rings. The highest BCUT2D eigenvalue weighted by atomic mass is 16.3. The minimum absolute atomic E-state index is 0.793. The van der Waals surface area contributed by atoms with E-state index in [0.717, 1.165) is 11.5 Å². The lowest BCUT2D eigenvalue weighted by atomic mass is 10.3. The molecular formula is C6H7N3O. The van der Waals surface area contributed by atoms with Crippen LogP contribution in [0.3, 0.4) is 0 Å². The van der Waals surface area contributed by atoms with Crippen LogP contribution < -0.4 is 0 Å². The smallest absolute Gasteiger partial charge is 0.168 e. The Morgan fingerprint density at radius 2 is 2.40 bits per heavy atom. The zero-order chi connectivity index (χ0) is 6.81. The Morgan fingerprint density at radius 1 is 1.40 bits per heavy atom. The second-order valence-electron chi connectivity index (χ2n) is 1.93. The van der Waals surface area contributed by atoms with Gasteiger partial charge in [-0.25, -0.2) is 5.21 Å². The van der Waals surface area contributed by atoms with Gasteiger partial charge in [-0.1, -0.05) is 0 Å². The maximum absolute atomic E-state index is 5.13. The lowest BCUT2D eigenvalue weighted by molar-refractivity contribution is 0.553. The molecule has 52 valence electrons. The number of hydrogen-bond acceptors (Lipinski definition) is 1. The number of nitrogens with one attached hydrogen (secondary N) is 3. The summed E-state index contributed by atoms with van der Waals surface area (Å²) in [6.45, 7) is 0. The van der Waals surface area contributed by atoms with Crippen LogP contribution in [-0.4, -0.2) is 15.4 Å². The molecule has 2 rings (SSSR count). The maximum atomic E-state index is 5.13. The molecule has 0 aromatic heterocycles. The van der Waals surface area contributed by atoms with Crippen LogP contribution in [-0.2, 0) is 0 Å². The van der Waals surface area contributed by atoms with Gasteiger partial charge in [-0.3, -0.25) is 10.2 Å². The van der Waals surface area contributed by atoms with Crippen molar-refractivity contribution in [2.45, 2.75) is 0 Å². The summed E-state index contributed by atoms with van der Waals surface area (Å²) >= 11 is 0. The molecule has 4 heteroatoms. The molecule has 0 atom stereocenters. The third kappa shape index (κ3) is 0.699. The van der Waals surface area contributed by atoms with Crippen molar-refractivity contribution in [2.24, 2.45) is 0 Å². The van der Waals surface area contributed by atoms with Crippen molar-refractivity contribution >= 4 is 0 Å². The predicted molar refractivity (Wildman–Crippen MR) is 36.0 cm³/mol. The Bertz CT molecular complexity index is 252. The zero-order valence-electron chi connectivity index (χ0n) is 5.22. The highest BCUT2D eigenvalue weighted by Gasteiger charge is 1.97. The highest BCUT2D eigenvalue weighted by molar-refractivity contribution is 5.48. The van der Waals surface area contributed by atoms with Gasteiger partial charge in [0.15, 0.2) is 5.76 Å². The van der Waals surface area contributed by atoms with Crippen molar-refractivity contribution in [1.82, 2.24) is 15.4 Å². The predicted octanol–water partition coefficient (Wildman–Crippen LogP) is 1.49. The molecule has 2 aliphatic heterocycles. The van der Waals surface area contributed by atoms with Crippen molar-refractivity contribution in [3.8, 4) is 11.5 Å². The van der Waals surface area contributed by atoms with Gasteiger partial charge >= 0.3 is 0 Å². The van der Waals surface area contributed by atoms with Gasteiger partial charge in [0.25, 0.3) is 0 Å². The van der Waals surface area contributed by atoms with Gasteiger partial charge in [-0.15, -0.1) is 0 Å². The standard InChI is InChI=1S/C6H7N3O/c1-2-5-6(10-3-1)4-7-9-8-5/h1-4,7-9H. The van der Waals surface area contributed by atoms with Gasteiger partial charge in [0.1, 0.15) is 0 Å². The van der Waals surface area contributed by atoms with E-state index >= 15 is 0 Å². The minimum atomic E-state index is 0.793. The fourth-order valence-electron chi connectivity index (χ4n) is 0.814.